The van der Waals surface area contributed by atoms with Gasteiger partial charge in [-0.2, -0.15) is 0 Å². The molecule has 0 spiro atoms. The van der Waals surface area contributed by atoms with E-state index in [1.54, 1.807) is 48.5 Å². The molecular weight excluding hydrogens is 472 g/mol. The molecule has 0 aromatic heterocycles. The van der Waals surface area contributed by atoms with Gasteiger partial charge in [0, 0.05) is 23.3 Å². The number of rotatable bonds is 10. The van der Waals surface area contributed by atoms with Crippen molar-refractivity contribution in [3.63, 3.8) is 0 Å². The Morgan fingerprint density at radius 1 is 1.13 bits per heavy atom. The molecule has 0 aliphatic rings. The van der Waals surface area contributed by atoms with E-state index in [2.05, 4.69) is 21.2 Å². The van der Waals surface area contributed by atoms with Crippen LogP contribution in [-0.2, 0) is 14.3 Å². The van der Waals surface area contributed by atoms with Crippen LogP contribution >= 0.6 is 15.9 Å². The number of amides is 2. The quantitative estimate of drug-likeness (QED) is 0.227. The minimum absolute atomic E-state index is 0.118. The number of benzene rings is 2. The number of nitrogens with one attached hydrogen (secondary N) is 2. The lowest BCUT2D eigenvalue weighted by Crippen LogP contribution is -2.27. The Hall–Kier alpha value is -2.92. The van der Waals surface area contributed by atoms with E-state index in [0.717, 1.165) is 10.5 Å². The molecular formula is C21H23BrN2O7. The van der Waals surface area contributed by atoms with Crippen LogP contribution in [0.4, 0.5) is 10.5 Å². The van der Waals surface area contributed by atoms with Crippen molar-refractivity contribution in [3.8, 4) is 5.75 Å². The third-order valence-corrected chi connectivity index (χ3v) is 4.54. The van der Waals surface area contributed by atoms with Gasteiger partial charge < -0.3 is 19.3 Å². The number of hydroxylamine groups is 1. The Kier molecular flexibility index (Phi) is 9.98. The summed E-state index contributed by atoms with van der Waals surface area (Å²) in [4.78, 5) is 23.9. The first-order valence-corrected chi connectivity index (χ1v) is 9.98. The first kappa shape index (κ1) is 24.4. The molecule has 0 unspecified atom stereocenters. The van der Waals surface area contributed by atoms with Gasteiger partial charge in [0.05, 0.1) is 6.61 Å². The highest BCUT2D eigenvalue weighted by atomic mass is 79.9. The summed E-state index contributed by atoms with van der Waals surface area (Å²) in [6.07, 6.45) is -0.0582. The second-order valence-electron chi connectivity index (χ2n) is 6.13. The Morgan fingerprint density at radius 2 is 1.81 bits per heavy atom. The molecule has 2 rings (SSSR count). The molecule has 0 saturated carbocycles. The molecule has 0 aliphatic heterocycles. The number of methoxy groups -OCH3 is 1. The predicted molar refractivity (Wildman–Crippen MR) is 116 cm³/mol. The Morgan fingerprint density at radius 3 is 2.39 bits per heavy atom. The van der Waals surface area contributed by atoms with Crippen molar-refractivity contribution < 1.29 is 34.1 Å². The lowest BCUT2D eigenvalue weighted by atomic mass is 10.0. The maximum Gasteiger partial charge on any atom is 0.412 e. The van der Waals surface area contributed by atoms with Crippen LogP contribution in [0.25, 0.3) is 0 Å². The molecule has 2 atom stereocenters. The molecule has 0 fully saturated rings. The smallest absolute Gasteiger partial charge is 0.412 e. The molecule has 2 aromatic rings. The van der Waals surface area contributed by atoms with Crippen molar-refractivity contribution in [3.05, 3.63) is 70.7 Å². The molecule has 0 saturated heterocycles. The first-order chi connectivity index (χ1) is 15.0. The van der Waals surface area contributed by atoms with Gasteiger partial charge in [-0.1, -0.05) is 28.1 Å². The molecule has 166 valence electrons. The van der Waals surface area contributed by atoms with Crippen LogP contribution in [0.5, 0.6) is 5.75 Å². The highest BCUT2D eigenvalue weighted by Gasteiger charge is 2.26. The summed E-state index contributed by atoms with van der Waals surface area (Å²) in [5.74, 6) is -0.229. The maximum absolute atomic E-state index is 12.5. The zero-order chi connectivity index (χ0) is 22.6. The number of anilines is 1. The van der Waals surface area contributed by atoms with Gasteiger partial charge in [0.15, 0.2) is 6.10 Å². The van der Waals surface area contributed by atoms with E-state index < -0.39 is 24.2 Å². The monoisotopic (exact) mass is 494 g/mol. The van der Waals surface area contributed by atoms with E-state index in [1.807, 2.05) is 0 Å². The molecule has 4 N–H and O–H groups in total. The van der Waals surface area contributed by atoms with Crippen LogP contribution in [0.15, 0.2) is 65.2 Å². The SMILES string of the molecule is CO[C@H](/C=C/C(=O)NO)[C@H](OC(=O)Nc1ccc(Br)cc1)c1ccc(OCCO)cc1. The van der Waals surface area contributed by atoms with E-state index in [0.29, 0.717) is 17.0 Å². The molecule has 9 nitrogen and oxygen atoms in total. The largest absolute Gasteiger partial charge is 0.491 e. The van der Waals surface area contributed by atoms with Crippen LogP contribution < -0.4 is 15.5 Å². The van der Waals surface area contributed by atoms with Gasteiger partial charge in [-0.25, -0.2) is 10.3 Å². The lowest BCUT2D eigenvalue weighted by molar-refractivity contribution is -0.124. The van der Waals surface area contributed by atoms with Crippen LogP contribution in [0, 0.1) is 0 Å². The molecule has 10 heteroatoms. The molecule has 2 aromatic carbocycles. The van der Waals surface area contributed by atoms with Gasteiger partial charge in [0.1, 0.15) is 18.5 Å². The van der Waals surface area contributed by atoms with E-state index >= 15 is 0 Å². The average Bonchev–Trinajstić information content (AvgIpc) is 2.79. The number of carbonyl (C=O) groups is 2. The molecule has 31 heavy (non-hydrogen) atoms. The first-order valence-electron chi connectivity index (χ1n) is 9.18. The zero-order valence-electron chi connectivity index (χ0n) is 16.7. The van der Waals surface area contributed by atoms with Gasteiger partial charge >= 0.3 is 6.09 Å². The van der Waals surface area contributed by atoms with E-state index in [-0.39, 0.29) is 13.2 Å². The zero-order valence-corrected chi connectivity index (χ0v) is 18.2. The fourth-order valence-corrected chi connectivity index (χ4v) is 2.82. The minimum atomic E-state index is -0.921. The summed E-state index contributed by atoms with van der Waals surface area (Å²) in [7, 11) is 1.40. The number of aliphatic hydroxyl groups is 1. The topological polar surface area (TPSA) is 126 Å². The maximum atomic E-state index is 12.5. The number of hydrogen-bond acceptors (Lipinski definition) is 7. The Balaban J connectivity index is 2.23. The average molecular weight is 495 g/mol. The van der Waals surface area contributed by atoms with Gasteiger partial charge in [0.25, 0.3) is 5.91 Å². The van der Waals surface area contributed by atoms with Crippen molar-refractivity contribution in [1.29, 1.82) is 0 Å². The molecule has 0 aliphatic carbocycles. The second kappa shape index (κ2) is 12.7. The summed E-state index contributed by atoms with van der Waals surface area (Å²) in [6.45, 7) is 0.0295. The minimum Gasteiger partial charge on any atom is -0.491 e. The third kappa shape index (κ3) is 8.02. The number of halogens is 1. The van der Waals surface area contributed by atoms with Crippen molar-refractivity contribution >= 4 is 33.6 Å². The molecule has 0 radical (unpaired) electrons. The van der Waals surface area contributed by atoms with Gasteiger partial charge in [-0.3, -0.25) is 15.3 Å². The molecule has 2 amide bonds. The van der Waals surface area contributed by atoms with E-state index in [1.165, 1.54) is 18.7 Å². The van der Waals surface area contributed by atoms with Crippen molar-refractivity contribution in [2.24, 2.45) is 0 Å². The normalized spacial score (nSPS) is 12.8. The van der Waals surface area contributed by atoms with E-state index in [4.69, 9.17) is 24.5 Å². The number of ether oxygens (including phenoxy) is 3. The number of carbonyl (C=O) groups excluding carboxylic acids is 2. The number of aliphatic hydroxyl groups excluding tert-OH is 1. The Labute approximate surface area is 187 Å². The molecule has 0 heterocycles. The standard InChI is InChI=1S/C21H23BrN2O7/c1-29-18(10-11-19(26)24-28)20(14-2-8-17(9-3-14)30-13-12-25)31-21(27)23-16-6-4-15(22)5-7-16/h2-11,18,20,25,28H,12-13H2,1H3,(H,23,27)(H,24,26)/b11-10+/t18-,20-/m1/s1. The fraction of sp³-hybridized carbons (Fsp3) is 0.238. The second-order valence-corrected chi connectivity index (χ2v) is 7.05. The summed E-state index contributed by atoms with van der Waals surface area (Å²) >= 11 is 3.32. The fourth-order valence-electron chi connectivity index (χ4n) is 2.56. The summed E-state index contributed by atoms with van der Waals surface area (Å²) in [6, 6.07) is 13.6. The highest BCUT2D eigenvalue weighted by Crippen LogP contribution is 2.27. The number of hydrogen-bond donors (Lipinski definition) is 4. The summed E-state index contributed by atoms with van der Waals surface area (Å²) in [5, 5.41) is 20.2. The Bertz CT molecular complexity index is 872. The van der Waals surface area contributed by atoms with Crippen molar-refractivity contribution in [1.82, 2.24) is 5.48 Å². The van der Waals surface area contributed by atoms with Crippen LogP contribution in [0.1, 0.15) is 11.7 Å². The van der Waals surface area contributed by atoms with Crippen molar-refractivity contribution in [2.75, 3.05) is 25.6 Å². The van der Waals surface area contributed by atoms with Gasteiger partial charge in [-0.15, -0.1) is 0 Å². The van der Waals surface area contributed by atoms with Crippen LogP contribution in [0.3, 0.4) is 0 Å². The van der Waals surface area contributed by atoms with Gasteiger partial charge in [0.2, 0.25) is 0 Å². The third-order valence-electron chi connectivity index (χ3n) is 4.01. The highest BCUT2D eigenvalue weighted by molar-refractivity contribution is 9.10. The molecule has 0 bridgehead atoms. The lowest BCUT2D eigenvalue weighted by Gasteiger charge is -2.24. The summed E-state index contributed by atoms with van der Waals surface area (Å²) < 4.78 is 17.2. The van der Waals surface area contributed by atoms with E-state index in [9.17, 15) is 9.59 Å². The van der Waals surface area contributed by atoms with Crippen molar-refractivity contribution in [2.45, 2.75) is 12.2 Å². The van der Waals surface area contributed by atoms with Crippen LogP contribution in [-0.4, -0.2) is 48.7 Å². The summed E-state index contributed by atoms with van der Waals surface area (Å²) in [5.41, 5.74) is 2.59. The van der Waals surface area contributed by atoms with Gasteiger partial charge in [-0.05, 0) is 48.0 Å². The van der Waals surface area contributed by atoms with Crippen LogP contribution in [0.2, 0.25) is 0 Å². The predicted octanol–water partition coefficient (Wildman–Crippen LogP) is 3.19.